The zero-order chi connectivity index (χ0) is 64.2. The van der Waals surface area contributed by atoms with Gasteiger partial charge in [-0.05, 0) is 98.2 Å². The summed E-state index contributed by atoms with van der Waals surface area (Å²) in [6.45, 7) is 16.2. The molecule has 0 spiro atoms. The number of esters is 2. The summed E-state index contributed by atoms with van der Waals surface area (Å²) < 4.78 is 61.1. The molecule has 9 aliphatic rings. The number of aliphatic hydroxyl groups is 13. The second kappa shape index (κ2) is 25.2. The first kappa shape index (κ1) is 68.4. The number of carbonyl (C=O) groups is 3. The van der Waals surface area contributed by atoms with E-state index in [4.69, 9.17) is 47.4 Å². The highest BCUT2D eigenvalue weighted by Gasteiger charge is 2.74. The number of carboxylic acid groups (broad SMARTS) is 1. The maximum atomic E-state index is 13.7. The van der Waals surface area contributed by atoms with Crippen LogP contribution in [0.2, 0.25) is 0 Å². The predicted octanol–water partition coefficient (Wildman–Crippen LogP) is -1.83. The molecule has 0 bridgehead atoms. The van der Waals surface area contributed by atoms with E-state index in [1.807, 2.05) is 27.7 Å². The monoisotopic (exact) mass is 1250 g/mol. The fraction of sp³-hybridized carbons (Fsp3) is 0.883. The lowest BCUT2D eigenvalue weighted by molar-refractivity contribution is -0.405. The molecule has 0 aromatic heterocycles. The SMILES string of the molecule is CC=C(C)C(=O)O[C@H]1[C@H](OC(C)=O)C(C)(C)C[C@H]2C3=CC[C@@H]4[C@@]5(C)CC[C@H](O[C@@H]6O[C@H](C(=O)O)[C@@H](O)[C@H](O[C@@H]7O[C@H](CO)[C@@H](O)[C@H](O)[C@H]7O[C@@H]7OC[C@@H](O)[C@H](O)[C@H]7O)[C@H]6O[C@@H]6O[C@H](CO)[C@@H](O)[C@H](O)[C@H]6O)C(C)(C)[C@@H]5CC[C@@]4(C)[C@]3(C)C[C@@H](O)[C@]21CO. The van der Waals surface area contributed by atoms with Crippen LogP contribution in [0.15, 0.2) is 23.3 Å². The molecule has 0 aromatic carbocycles. The maximum absolute atomic E-state index is 13.7. The van der Waals surface area contributed by atoms with Crippen LogP contribution in [0.5, 0.6) is 0 Å². The number of hydrogen-bond acceptors (Lipinski definition) is 26. The van der Waals surface area contributed by atoms with Gasteiger partial charge in [-0.2, -0.15) is 0 Å². The summed E-state index contributed by atoms with van der Waals surface area (Å²) in [7, 11) is 0. The van der Waals surface area contributed by atoms with Crippen LogP contribution in [0.4, 0.5) is 0 Å². The van der Waals surface area contributed by atoms with Crippen molar-refractivity contribution in [2.75, 3.05) is 26.4 Å². The second-order valence-electron chi connectivity index (χ2n) is 28.1. The van der Waals surface area contributed by atoms with Gasteiger partial charge in [0.1, 0.15) is 91.6 Å². The van der Waals surface area contributed by atoms with Crippen molar-refractivity contribution in [2.45, 2.75) is 255 Å². The van der Waals surface area contributed by atoms with Crippen LogP contribution in [0.25, 0.3) is 0 Å². The Morgan fingerprint density at radius 2 is 1.23 bits per heavy atom. The second-order valence-corrected chi connectivity index (χ2v) is 28.1. The summed E-state index contributed by atoms with van der Waals surface area (Å²) in [6.07, 6.45) is -34.0. The third kappa shape index (κ3) is 11.4. The van der Waals surface area contributed by atoms with E-state index >= 15 is 0 Å². The maximum Gasteiger partial charge on any atom is 0.335 e. The van der Waals surface area contributed by atoms with E-state index in [1.54, 1.807) is 19.9 Å². The van der Waals surface area contributed by atoms with Crippen molar-refractivity contribution in [3.05, 3.63) is 23.3 Å². The summed E-state index contributed by atoms with van der Waals surface area (Å²) in [5.74, 6) is -3.67. The topological polar surface area (TPSA) is 427 Å². The minimum Gasteiger partial charge on any atom is -0.479 e. The van der Waals surface area contributed by atoms with Gasteiger partial charge in [-0.15, -0.1) is 0 Å². The Morgan fingerprint density at radius 3 is 1.84 bits per heavy atom. The van der Waals surface area contributed by atoms with Gasteiger partial charge >= 0.3 is 17.9 Å². The highest BCUT2D eigenvalue weighted by molar-refractivity contribution is 5.88. The number of ether oxygens (including phenoxy) is 10. The third-order valence-electron chi connectivity index (χ3n) is 22.6. The smallest absolute Gasteiger partial charge is 0.335 e. The van der Waals surface area contributed by atoms with Crippen LogP contribution in [0.1, 0.15) is 114 Å². The number of carbonyl (C=O) groups excluding carboxylic acids is 2. The summed E-state index contributed by atoms with van der Waals surface area (Å²) in [5, 5.41) is 155. The summed E-state index contributed by atoms with van der Waals surface area (Å²) in [4.78, 5) is 39.7. The molecular weight excluding hydrogens is 1150 g/mol. The molecule has 0 unspecified atom stereocenters. The first-order valence-electron chi connectivity index (χ1n) is 30.4. The Balaban J connectivity index is 1.05. The van der Waals surface area contributed by atoms with Crippen molar-refractivity contribution in [3.63, 3.8) is 0 Å². The van der Waals surface area contributed by atoms with E-state index in [9.17, 15) is 85.9 Å². The molecular formula is C60H94O27. The molecule has 8 fully saturated rings. The minimum absolute atomic E-state index is 0.0313. The number of fused-ring (bicyclic) bond motifs is 7. The molecule has 4 heterocycles. The largest absolute Gasteiger partial charge is 0.479 e. The standard InChI is InChI=1S/C60H94O27/c1-11-24(2)50(77)87-48-47(79-25(3)64)55(4,5)18-27-26-12-13-32-57(8)16-15-34(56(6,7)31(57)14-17-58(32,9)59(26,10)19-33(66)60(27,48)23-63)82-54-46(86-52-41(73)38(70)36(68)29(20-61)80-52)43(42(74)44(84-54)49(75)76)83-53-45(39(71)37(69)30(21-62)81-53)85-51-40(72)35(67)28(65)22-78-51/h11-12,27-48,51-54,61-63,65-74H,13-23H2,1-10H3,(H,75,76)/t27-,28+,29+,30+,31-,32+,33+,34-,35-,36+,37+,38-,39-,40+,41+,42-,43-,44-,45+,46+,47-,48-,51-,52-,53-,54+,57-,58+,59+,60-/m0/s1. The minimum atomic E-state index is -2.28. The number of aliphatic carboxylic acids is 1. The first-order chi connectivity index (χ1) is 40.6. The van der Waals surface area contributed by atoms with E-state index in [2.05, 4.69) is 26.8 Å². The van der Waals surface area contributed by atoms with Gasteiger partial charge in [0, 0.05) is 17.9 Å². The Kier molecular flexibility index (Phi) is 19.8. The number of hydrogen-bond donors (Lipinski definition) is 14. The average molecular weight is 1250 g/mol. The van der Waals surface area contributed by atoms with Crippen LogP contribution < -0.4 is 0 Å². The molecule has 4 saturated carbocycles. The van der Waals surface area contributed by atoms with Crippen molar-refractivity contribution in [1.82, 2.24) is 0 Å². The molecule has 5 aliphatic carbocycles. The number of rotatable bonds is 15. The van der Waals surface area contributed by atoms with E-state index < -0.39 is 224 Å². The number of allylic oxidation sites excluding steroid dienone is 3. The van der Waals surface area contributed by atoms with E-state index in [1.165, 1.54) is 6.92 Å². The molecule has 14 N–H and O–H groups in total. The van der Waals surface area contributed by atoms with Gasteiger partial charge in [-0.25, -0.2) is 9.59 Å². The first-order valence-corrected chi connectivity index (χ1v) is 30.4. The van der Waals surface area contributed by atoms with Gasteiger partial charge in [0.05, 0.1) is 44.1 Å². The van der Waals surface area contributed by atoms with Crippen molar-refractivity contribution in [3.8, 4) is 0 Å². The highest BCUT2D eigenvalue weighted by atomic mass is 16.8. The molecule has 27 nitrogen and oxygen atoms in total. The van der Waals surface area contributed by atoms with Crippen LogP contribution in [-0.2, 0) is 61.8 Å². The molecule has 0 amide bonds. The van der Waals surface area contributed by atoms with Gasteiger partial charge < -0.3 is 119 Å². The van der Waals surface area contributed by atoms with Crippen molar-refractivity contribution >= 4 is 17.9 Å². The fourth-order valence-corrected chi connectivity index (χ4v) is 17.4. The van der Waals surface area contributed by atoms with E-state index in [0.29, 0.717) is 44.1 Å². The normalized spacial score (nSPS) is 50.5. The van der Waals surface area contributed by atoms with Crippen molar-refractivity contribution < 1.29 is 133 Å². The summed E-state index contributed by atoms with van der Waals surface area (Å²) >= 11 is 0. The van der Waals surface area contributed by atoms with Crippen LogP contribution >= 0.6 is 0 Å². The lowest BCUT2D eigenvalue weighted by atomic mass is 9.33. The van der Waals surface area contributed by atoms with E-state index in [0.717, 1.165) is 5.57 Å². The van der Waals surface area contributed by atoms with Gasteiger partial charge in [-0.3, -0.25) is 4.79 Å². The van der Waals surface area contributed by atoms with Crippen LogP contribution in [-0.4, -0.2) is 257 Å². The zero-order valence-corrected chi connectivity index (χ0v) is 51.0. The molecule has 0 aromatic rings. The van der Waals surface area contributed by atoms with Crippen molar-refractivity contribution in [2.24, 2.45) is 50.2 Å². The predicted molar refractivity (Wildman–Crippen MR) is 294 cm³/mol. The van der Waals surface area contributed by atoms with E-state index in [-0.39, 0.29) is 18.3 Å². The Bertz CT molecular complexity index is 2550. The van der Waals surface area contributed by atoms with Crippen LogP contribution in [0.3, 0.4) is 0 Å². The molecule has 0 radical (unpaired) electrons. The Labute approximate surface area is 505 Å². The van der Waals surface area contributed by atoms with Gasteiger partial charge in [0.25, 0.3) is 0 Å². The fourth-order valence-electron chi connectivity index (χ4n) is 17.4. The number of carboxylic acids is 1. The highest BCUT2D eigenvalue weighted by Crippen LogP contribution is 2.76. The summed E-state index contributed by atoms with van der Waals surface area (Å²) in [5.41, 5.74) is -3.36. The number of aliphatic hydroxyl groups excluding tert-OH is 13. The average Bonchev–Trinajstić information content (AvgIpc) is 0.677. The lowest BCUT2D eigenvalue weighted by Crippen LogP contribution is -2.72. The van der Waals surface area contributed by atoms with Gasteiger partial charge in [0.15, 0.2) is 37.4 Å². The zero-order valence-electron chi connectivity index (χ0n) is 51.0. The quantitative estimate of drug-likeness (QED) is 0.0371. The third-order valence-corrected chi connectivity index (χ3v) is 22.6. The van der Waals surface area contributed by atoms with Crippen molar-refractivity contribution in [1.29, 1.82) is 0 Å². The molecule has 496 valence electrons. The molecule has 4 aliphatic heterocycles. The van der Waals surface area contributed by atoms with Gasteiger partial charge in [-0.1, -0.05) is 66.2 Å². The molecule has 87 heavy (non-hydrogen) atoms. The molecule has 27 heteroatoms. The Hall–Kier alpha value is -2.95. The lowest BCUT2D eigenvalue weighted by Gasteiger charge is -2.72. The van der Waals surface area contributed by atoms with Crippen LogP contribution in [0, 0.1) is 50.2 Å². The van der Waals surface area contributed by atoms with Gasteiger partial charge in [0.2, 0.25) is 0 Å². The Morgan fingerprint density at radius 1 is 0.632 bits per heavy atom. The molecule has 30 atom stereocenters. The molecule has 4 saturated heterocycles. The molecule has 9 rings (SSSR count). The summed E-state index contributed by atoms with van der Waals surface area (Å²) in [6, 6.07) is 0.